The SMILES string of the molecule is CC(=O)Nc1ccc(-c2noc(C3CCN(C(=O)C(C)Oc4ccccc4)CC3)n2)cc1. The summed E-state index contributed by atoms with van der Waals surface area (Å²) in [6.45, 7) is 4.49. The van der Waals surface area contributed by atoms with Crippen LogP contribution in [0.5, 0.6) is 5.75 Å². The van der Waals surface area contributed by atoms with Gasteiger partial charge in [-0.1, -0.05) is 23.4 Å². The molecule has 4 rings (SSSR count). The molecule has 2 amide bonds. The minimum absolute atomic E-state index is 0.0159. The van der Waals surface area contributed by atoms with Crippen molar-refractivity contribution in [2.45, 2.75) is 38.7 Å². The van der Waals surface area contributed by atoms with E-state index in [2.05, 4.69) is 15.5 Å². The molecule has 1 N–H and O–H groups in total. The Labute approximate surface area is 186 Å². The van der Waals surface area contributed by atoms with Gasteiger partial charge in [0.2, 0.25) is 17.6 Å². The highest BCUT2D eigenvalue weighted by molar-refractivity contribution is 5.88. The van der Waals surface area contributed by atoms with Crippen molar-refractivity contribution in [2.24, 2.45) is 0 Å². The molecule has 0 spiro atoms. The second-order valence-electron chi connectivity index (χ2n) is 7.89. The van der Waals surface area contributed by atoms with Gasteiger partial charge in [-0.25, -0.2) is 0 Å². The van der Waals surface area contributed by atoms with Crippen LogP contribution in [0, 0.1) is 0 Å². The molecule has 2 aromatic carbocycles. The van der Waals surface area contributed by atoms with Crippen LogP contribution in [-0.2, 0) is 9.59 Å². The molecule has 1 fully saturated rings. The summed E-state index contributed by atoms with van der Waals surface area (Å²) in [4.78, 5) is 30.3. The Balaban J connectivity index is 1.32. The number of hydrogen-bond acceptors (Lipinski definition) is 6. The van der Waals surface area contributed by atoms with E-state index in [9.17, 15) is 9.59 Å². The van der Waals surface area contributed by atoms with Crippen molar-refractivity contribution in [1.29, 1.82) is 0 Å². The van der Waals surface area contributed by atoms with E-state index in [1.165, 1.54) is 6.92 Å². The summed E-state index contributed by atoms with van der Waals surface area (Å²) in [6.07, 6.45) is 0.976. The molecular formula is C24H26N4O4. The Morgan fingerprint density at radius 3 is 2.44 bits per heavy atom. The van der Waals surface area contributed by atoms with Gasteiger partial charge in [-0.2, -0.15) is 4.98 Å². The lowest BCUT2D eigenvalue weighted by Crippen LogP contribution is -2.44. The molecule has 1 atom stereocenters. The van der Waals surface area contributed by atoms with Crippen molar-refractivity contribution in [3.8, 4) is 17.1 Å². The first-order valence-electron chi connectivity index (χ1n) is 10.7. The zero-order chi connectivity index (χ0) is 22.5. The molecule has 1 aromatic heterocycles. The van der Waals surface area contributed by atoms with Crippen molar-refractivity contribution in [3.63, 3.8) is 0 Å². The fourth-order valence-corrected chi connectivity index (χ4v) is 3.78. The second kappa shape index (κ2) is 9.64. The molecule has 32 heavy (non-hydrogen) atoms. The zero-order valence-electron chi connectivity index (χ0n) is 18.2. The standard InChI is InChI=1S/C24H26N4O4/c1-16(31-21-6-4-3-5-7-21)24(30)28-14-12-19(13-15-28)23-26-22(27-32-23)18-8-10-20(11-9-18)25-17(2)29/h3-11,16,19H,12-15H2,1-2H3,(H,25,29). The van der Waals surface area contributed by atoms with E-state index in [1.54, 1.807) is 19.1 Å². The van der Waals surface area contributed by atoms with Crippen molar-refractivity contribution < 1.29 is 18.8 Å². The number of carbonyl (C=O) groups is 2. The predicted molar refractivity (Wildman–Crippen MR) is 119 cm³/mol. The van der Waals surface area contributed by atoms with Gasteiger partial charge in [-0.3, -0.25) is 9.59 Å². The van der Waals surface area contributed by atoms with Crippen molar-refractivity contribution in [1.82, 2.24) is 15.0 Å². The van der Waals surface area contributed by atoms with Gasteiger partial charge >= 0.3 is 0 Å². The van der Waals surface area contributed by atoms with Crippen LogP contribution < -0.4 is 10.1 Å². The van der Waals surface area contributed by atoms with Gasteiger partial charge in [-0.15, -0.1) is 0 Å². The van der Waals surface area contributed by atoms with Gasteiger partial charge in [0.25, 0.3) is 5.91 Å². The molecule has 0 aliphatic carbocycles. The van der Waals surface area contributed by atoms with Crippen LogP contribution in [0.25, 0.3) is 11.4 Å². The number of ether oxygens (including phenoxy) is 1. The summed E-state index contributed by atoms with van der Waals surface area (Å²) in [6, 6.07) is 16.7. The highest BCUT2D eigenvalue weighted by Crippen LogP contribution is 2.29. The van der Waals surface area contributed by atoms with Gasteiger partial charge in [0.05, 0.1) is 0 Å². The van der Waals surface area contributed by atoms with E-state index < -0.39 is 6.10 Å². The van der Waals surface area contributed by atoms with Crippen molar-refractivity contribution in [2.75, 3.05) is 18.4 Å². The summed E-state index contributed by atoms with van der Waals surface area (Å²) in [5, 5.41) is 6.84. The van der Waals surface area contributed by atoms with Crippen molar-refractivity contribution in [3.05, 3.63) is 60.5 Å². The number of hydrogen-bond donors (Lipinski definition) is 1. The van der Waals surface area contributed by atoms with E-state index in [0.717, 1.165) is 18.4 Å². The maximum atomic E-state index is 12.8. The van der Waals surface area contributed by atoms with Crippen LogP contribution in [0.2, 0.25) is 0 Å². The molecule has 3 aromatic rings. The van der Waals surface area contributed by atoms with Gasteiger partial charge in [0.1, 0.15) is 5.75 Å². The highest BCUT2D eigenvalue weighted by Gasteiger charge is 2.30. The molecule has 1 unspecified atom stereocenters. The quantitative estimate of drug-likeness (QED) is 0.633. The second-order valence-corrected chi connectivity index (χ2v) is 7.89. The van der Waals surface area contributed by atoms with Gasteiger partial charge in [0.15, 0.2) is 6.10 Å². The van der Waals surface area contributed by atoms with Crippen LogP contribution >= 0.6 is 0 Å². The van der Waals surface area contributed by atoms with E-state index in [4.69, 9.17) is 9.26 Å². The third-order valence-corrected chi connectivity index (χ3v) is 5.46. The average Bonchev–Trinajstić information content (AvgIpc) is 3.30. The van der Waals surface area contributed by atoms with Crippen LogP contribution in [0.15, 0.2) is 59.1 Å². The summed E-state index contributed by atoms with van der Waals surface area (Å²) >= 11 is 0. The minimum atomic E-state index is -0.538. The maximum Gasteiger partial charge on any atom is 0.263 e. The number of piperidine rings is 1. The molecule has 1 saturated heterocycles. The third-order valence-electron chi connectivity index (χ3n) is 5.46. The molecular weight excluding hydrogens is 408 g/mol. The van der Waals surface area contributed by atoms with Gasteiger partial charge in [-0.05, 0) is 56.2 Å². The molecule has 0 bridgehead atoms. The number of carbonyl (C=O) groups excluding carboxylic acids is 2. The summed E-state index contributed by atoms with van der Waals surface area (Å²) in [7, 11) is 0. The lowest BCUT2D eigenvalue weighted by Gasteiger charge is -2.32. The molecule has 8 nitrogen and oxygen atoms in total. The molecule has 1 aliphatic heterocycles. The number of para-hydroxylation sites is 1. The van der Waals surface area contributed by atoms with E-state index >= 15 is 0 Å². The number of amides is 2. The fraction of sp³-hybridized carbons (Fsp3) is 0.333. The Morgan fingerprint density at radius 2 is 1.78 bits per heavy atom. The van der Waals surface area contributed by atoms with E-state index in [1.807, 2.05) is 47.4 Å². The monoisotopic (exact) mass is 434 g/mol. The zero-order valence-corrected chi connectivity index (χ0v) is 18.2. The number of rotatable bonds is 6. The van der Waals surface area contributed by atoms with Crippen LogP contribution in [0.4, 0.5) is 5.69 Å². The van der Waals surface area contributed by atoms with Crippen LogP contribution in [0.1, 0.15) is 38.5 Å². The number of nitrogens with zero attached hydrogens (tertiary/aromatic N) is 3. The molecule has 8 heteroatoms. The summed E-state index contributed by atoms with van der Waals surface area (Å²) in [5.41, 5.74) is 1.53. The number of benzene rings is 2. The highest BCUT2D eigenvalue weighted by atomic mass is 16.5. The number of anilines is 1. The predicted octanol–water partition coefficient (Wildman–Crippen LogP) is 3.87. The first-order chi connectivity index (χ1) is 15.5. The molecule has 166 valence electrons. The topological polar surface area (TPSA) is 97.6 Å². The Kier molecular flexibility index (Phi) is 6.49. The average molecular weight is 434 g/mol. The largest absolute Gasteiger partial charge is 0.481 e. The molecule has 0 radical (unpaired) electrons. The Hall–Kier alpha value is -3.68. The van der Waals surface area contributed by atoms with Gasteiger partial charge in [0, 0.05) is 37.2 Å². The normalized spacial score (nSPS) is 15.2. The third kappa shape index (κ3) is 5.14. The van der Waals surface area contributed by atoms with Gasteiger partial charge < -0.3 is 19.5 Å². The molecule has 1 aliphatic rings. The fourth-order valence-electron chi connectivity index (χ4n) is 3.78. The Morgan fingerprint density at radius 1 is 1.09 bits per heavy atom. The first-order valence-corrected chi connectivity index (χ1v) is 10.7. The molecule has 2 heterocycles. The maximum absolute atomic E-state index is 12.8. The van der Waals surface area contributed by atoms with E-state index in [0.29, 0.717) is 36.2 Å². The number of nitrogens with one attached hydrogen (secondary N) is 1. The minimum Gasteiger partial charge on any atom is -0.481 e. The first kappa shape index (κ1) is 21.5. The number of aromatic nitrogens is 2. The van der Waals surface area contributed by atoms with E-state index in [-0.39, 0.29) is 17.7 Å². The number of likely N-dealkylation sites (tertiary alicyclic amines) is 1. The summed E-state index contributed by atoms with van der Waals surface area (Å²) in [5.74, 6) is 1.77. The lowest BCUT2D eigenvalue weighted by molar-refractivity contribution is -0.139. The van der Waals surface area contributed by atoms with Crippen LogP contribution in [-0.4, -0.2) is 46.0 Å². The van der Waals surface area contributed by atoms with Crippen LogP contribution in [0.3, 0.4) is 0 Å². The van der Waals surface area contributed by atoms with Crippen molar-refractivity contribution >= 4 is 17.5 Å². The molecule has 0 saturated carbocycles. The Bertz CT molecular complexity index is 1060. The lowest BCUT2D eigenvalue weighted by atomic mass is 9.96. The smallest absolute Gasteiger partial charge is 0.263 e. The summed E-state index contributed by atoms with van der Waals surface area (Å²) < 4.78 is 11.3.